The lowest BCUT2D eigenvalue weighted by atomic mass is 10.2. The standard InChI is InChI=1S/C9H12FO2S/c1-7(2)13(11,12)9-5-3-8(10)4-6-9/h3-5,7H,6H2,1-2H3. The van der Waals surface area contributed by atoms with Crippen molar-refractivity contribution in [1.82, 2.24) is 0 Å². The fraction of sp³-hybridized carbons (Fsp3) is 0.444. The van der Waals surface area contributed by atoms with Crippen LogP contribution >= 0.6 is 0 Å². The van der Waals surface area contributed by atoms with Crippen LogP contribution in [0.3, 0.4) is 0 Å². The zero-order chi connectivity index (χ0) is 10.1. The van der Waals surface area contributed by atoms with Gasteiger partial charge in [-0.2, -0.15) is 0 Å². The van der Waals surface area contributed by atoms with Gasteiger partial charge in [-0.25, -0.2) is 12.8 Å². The average Bonchev–Trinajstić information content (AvgIpc) is 2.04. The van der Waals surface area contributed by atoms with E-state index in [1.165, 1.54) is 18.2 Å². The van der Waals surface area contributed by atoms with Crippen LogP contribution in [0.15, 0.2) is 24.1 Å². The molecular formula is C9H12FO2S. The Bertz CT molecular complexity index is 339. The topological polar surface area (TPSA) is 34.1 Å². The van der Waals surface area contributed by atoms with E-state index in [0.717, 1.165) is 0 Å². The normalized spacial score (nSPS) is 19.2. The minimum absolute atomic E-state index is 0.169. The van der Waals surface area contributed by atoms with Crippen LogP contribution in [-0.2, 0) is 9.84 Å². The molecule has 0 unspecified atom stereocenters. The van der Waals surface area contributed by atoms with Crippen LogP contribution < -0.4 is 0 Å². The van der Waals surface area contributed by atoms with Gasteiger partial charge in [0, 0.05) is 0 Å². The number of allylic oxidation sites excluding steroid dienone is 3. The van der Waals surface area contributed by atoms with E-state index in [-0.39, 0.29) is 12.2 Å². The quantitative estimate of drug-likeness (QED) is 0.689. The van der Waals surface area contributed by atoms with Crippen molar-refractivity contribution in [2.24, 2.45) is 0 Å². The summed E-state index contributed by atoms with van der Waals surface area (Å²) in [7, 11) is -3.20. The Balaban J connectivity index is 2.84. The molecule has 0 saturated heterocycles. The fourth-order valence-corrected chi connectivity index (χ4v) is 2.20. The summed E-state index contributed by atoms with van der Waals surface area (Å²) < 4.78 is 35.6. The van der Waals surface area contributed by atoms with Gasteiger partial charge in [0.05, 0.1) is 5.25 Å². The van der Waals surface area contributed by atoms with Crippen LogP contribution in [0.2, 0.25) is 0 Å². The van der Waals surface area contributed by atoms with E-state index in [1.807, 2.05) is 0 Å². The van der Waals surface area contributed by atoms with E-state index in [1.54, 1.807) is 13.8 Å². The van der Waals surface area contributed by atoms with E-state index < -0.39 is 15.1 Å². The zero-order valence-electron chi connectivity index (χ0n) is 7.62. The molecule has 73 valence electrons. The maximum absolute atomic E-state index is 12.5. The van der Waals surface area contributed by atoms with Crippen molar-refractivity contribution in [3.63, 3.8) is 0 Å². The number of rotatable bonds is 2. The molecule has 2 nitrogen and oxygen atoms in total. The molecule has 0 spiro atoms. The Morgan fingerprint density at radius 2 is 2.00 bits per heavy atom. The van der Waals surface area contributed by atoms with Crippen LogP contribution in [0.25, 0.3) is 0 Å². The second-order valence-electron chi connectivity index (χ2n) is 3.19. The Labute approximate surface area is 78.1 Å². The summed E-state index contributed by atoms with van der Waals surface area (Å²) in [5.74, 6) is -0.372. The zero-order valence-corrected chi connectivity index (χ0v) is 8.44. The molecule has 1 aliphatic rings. The summed E-state index contributed by atoms with van der Waals surface area (Å²) in [6.45, 7) is 3.23. The molecule has 4 heteroatoms. The molecule has 1 radical (unpaired) electrons. The van der Waals surface area contributed by atoms with Gasteiger partial charge in [0.25, 0.3) is 0 Å². The lowest BCUT2D eigenvalue weighted by molar-refractivity contribution is 0.587. The van der Waals surface area contributed by atoms with Crippen molar-refractivity contribution in [2.45, 2.75) is 25.5 Å². The molecule has 0 aromatic rings. The molecule has 1 rings (SSSR count). The van der Waals surface area contributed by atoms with E-state index in [4.69, 9.17) is 0 Å². The van der Waals surface area contributed by atoms with Crippen LogP contribution in [0.5, 0.6) is 0 Å². The fourth-order valence-electron chi connectivity index (χ4n) is 1.02. The maximum Gasteiger partial charge on any atom is 0.164 e. The minimum atomic E-state index is -3.20. The minimum Gasteiger partial charge on any atom is -0.228 e. The average molecular weight is 203 g/mol. The summed E-state index contributed by atoms with van der Waals surface area (Å²) in [6, 6.07) is 0. The van der Waals surface area contributed by atoms with Crippen molar-refractivity contribution in [1.29, 1.82) is 0 Å². The van der Waals surface area contributed by atoms with E-state index in [2.05, 4.69) is 0 Å². The number of halogens is 1. The molecule has 0 saturated carbocycles. The van der Waals surface area contributed by atoms with Gasteiger partial charge < -0.3 is 0 Å². The van der Waals surface area contributed by atoms with Gasteiger partial charge in [-0.1, -0.05) is 6.08 Å². The lowest BCUT2D eigenvalue weighted by Crippen LogP contribution is -2.21. The first kappa shape index (κ1) is 10.4. The van der Waals surface area contributed by atoms with Gasteiger partial charge in [-0.15, -0.1) is 0 Å². The molecule has 0 N–H and O–H groups in total. The predicted octanol–water partition coefficient (Wildman–Crippen LogP) is 2.15. The first-order valence-electron chi connectivity index (χ1n) is 4.08. The number of hydrogen-bond donors (Lipinski definition) is 0. The summed E-state index contributed by atoms with van der Waals surface area (Å²) in [6.07, 6.45) is 3.96. The highest BCUT2D eigenvalue weighted by Gasteiger charge is 2.28. The van der Waals surface area contributed by atoms with Gasteiger partial charge in [-0.05, 0) is 32.4 Å². The predicted molar refractivity (Wildman–Crippen MR) is 50.2 cm³/mol. The molecule has 0 amide bonds. The Hall–Kier alpha value is -0.640. The highest BCUT2D eigenvalue weighted by molar-refractivity contribution is 7.95. The van der Waals surface area contributed by atoms with Crippen molar-refractivity contribution in [2.75, 3.05) is 0 Å². The van der Waals surface area contributed by atoms with E-state index >= 15 is 0 Å². The molecule has 1 aliphatic carbocycles. The third kappa shape index (κ3) is 2.18. The van der Waals surface area contributed by atoms with Gasteiger partial charge in [0.1, 0.15) is 11.1 Å². The Kier molecular flexibility index (Phi) is 2.91. The Morgan fingerprint density at radius 1 is 1.38 bits per heavy atom. The highest BCUT2D eigenvalue weighted by Crippen LogP contribution is 2.27. The molecule has 0 fully saturated rings. The molecule has 13 heavy (non-hydrogen) atoms. The largest absolute Gasteiger partial charge is 0.228 e. The molecule has 0 aromatic heterocycles. The monoisotopic (exact) mass is 203 g/mol. The third-order valence-electron chi connectivity index (χ3n) is 1.91. The molecule has 0 bridgehead atoms. The van der Waals surface area contributed by atoms with Crippen LogP contribution in [0.1, 0.15) is 20.3 Å². The SMILES string of the molecule is CC(C)S(=O)(=O)[C]1C=CC(F)=CC1. The lowest BCUT2D eigenvalue weighted by Gasteiger charge is -2.16. The summed E-state index contributed by atoms with van der Waals surface area (Å²) in [5, 5.41) is -0.148. The molecular weight excluding hydrogens is 191 g/mol. The summed E-state index contributed by atoms with van der Waals surface area (Å²) in [4.78, 5) is 0. The third-order valence-corrected chi connectivity index (χ3v) is 4.19. The van der Waals surface area contributed by atoms with Gasteiger partial charge in [0.15, 0.2) is 9.84 Å². The van der Waals surface area contributed by atoms with Crippen molar-refractivity contribution >= 4 is 9.84 Å². The second kappa shape index (κ2) is 3.62. The molecule has 0 heterocycles. The van der Waals surface area contributed by atoms with Gasteiger partial charge in [0.2, 0.25) is 0 Å². The first-order valence-corrected chi connectivity index (χ1v) is 5.62. The number of hydrogen-bond acceptors (Lipinski definition) is 2. The first-order chi connectivity index (χ1) is 5.94. The second-order valence-corrected chi connectivity index (χ2v) is 5.74. The van der Waals surface area contributed by atoms with E-state index in [9.17, 15) is 12.8 Å². The van der Waals surface area contributed by atoms with Gasteiger partial charge >= 0.3 is 0 Å². The Morgan fingerprint density at radius 3 is 2.38 bits per heavy atom. The van der Waals surface area contributed by atoms with Crippen molar-refractivity contribution < 1.29 is 12.8 Å². The molecule has 0 aliphatic heterocycles. The highest BCUT2D eigenvalue weighted by atomic mass is 32.2. The smallest absolute Gasteiger partial charge is 0.164 e. The maximum atomic E-state index is 12.5. The van der Waals surface area contributed by atoms with Crippen LogP contribution in [0.4, 0.5) is 4.39 Å². The summed E-state index contributed by atoms with van der Waals surface area (Å²) in [5.41, 5.74) is 0. The van der Waals surface area contributed by atoms with Crippen molar-refractivity contribution in [3.8, 4) is 0 Å². The number of sulfone groups is 1. The van der Waals surface area contributed by atoms with E-state index in [0.29, 0.717) is 5.25 Å². The van der Waals surface area contributed by atoms with Crippen molar-refractivity contribution in [3.05, 3.63) is 29.3 Å². The van der Waals surface area contributed by atoms with Gasteiger partial charge in [-0.3, -0.25) is 0 Å². The molecule has 0 atom stereocenters. The van der Waals surface area contributed by atoms with Crippen LogP contribution in [-0.4, -0.2) is 13.7 Å². The molecule has 0 aromatic carbocycles. The summed E-state index contributed by atoms with van der Waals surface area (Å²) >= 11 is 0. The van der Waals surface area contributed by atoms with Crippen LogP contribution in [0, 0.1) is 5.25 Å².